The van der Waals surface area contributed by atoms with E-state index in [0.29, 0.717) is 37.4 Å². The normalized spacial score (nSPS) is 12.1. The minimum absolute atomic E-state index is 0.323. The highest BCUT2D eigenvalue weighted by atomic mass is 16.5. The summed E-state index contributed by atoms with van der Waals surface area (Å²) in [6, 6.07) is 0. The van der Waals surface area contributed by atoms with Crippen LogP contribution >= 0.6 is 0 Å². The summed E-state index contributed by atoms with van der Waals surface area (Å²) in [5.41, 5.74) is 0. The maximum Gasteiger partial charge on any atom is 0.231 e. The lowest BCUT2D eigenvalue weighted by molar-refractivity contribution is 0.0615. The van der Waals surface area contributed by atoms with Crippen LogP contribution in [0.2, 0.25) is 0 Å². The highest BCUT2D eigenvalue weighted by Gasteiger charge is 2.08. The van der Waals surface area contributed by atoms with E-state index in [9.17, 15) is 5.11 Å². The van der Waals surface area contributed by atoms with Gasteiger partial charge in [0.25, 0.3) is 0 Å². The lowest BCUT2D eigenvalue weighted by atomic mass is 10.3. The topological polar surface area (TPSA) is 95.4 Å². The third-order valence-electron chi connectivity index (χ3n) is 2.37. The zero-order valence-corrected chi connectivity index (χ0v) is 11.8. The van der Waals surface area contributed by atoms with Gasteiger partial charge in [-0.05, 0) is 6.42 Å². The van der Waals surface area contributed by atoms with Gasteiger partial charge >= 0.3 is 0 Å². The Morgan fingerprint density at radius 1 is 1.26 bits per heavy atom. The van der Waals surface area contributed by atoms with Crippen molar-refractivity contribution in [2.75, 3.05) is 56.9 Å². The molecule has 8 nitrogen and oxygen atoms in total. The first-order valence-electron chi connectivity index (χ1n) is 6.08. The zero-order valence-electron chi connectivity index (χ0n) is 11.8. The Labute approximate surface area is 113 Å². The fourth-order valence-corrected chi connectivity index (χ4v) is 1.38. The van der Waals surface area contributed by atoms with E-state index in [2.05, 4.69) is 25.6 Å². The Hall–Kier alpha value is -1.67. The van der Waals surface area contributed by atoms with E-state index < -0.39 is 6.10 Å². The van der Waals surface area contributed by atoms with Gasteiger partial charge in [-0.2, -0.15) is 15.0 Å². The molecule has 0 bridgehead atoms. The molecule has 3 N–H and O–H groups in total. The summed E-state index contributed by atoms with van der Waals surface area (Å²) in [5, 5.41) is 15.5. The molecule has 1 heterocycles. The van der Waals surface area contributed by atoms with E-state index >= 15 is 0 Å². The molecule has 0 radical (unpaired) electrons. The number of hydrogen-bond donors (Lipinski definition) is 3. The number of rotatable bonds is 8. The van der Waals surface area contributed by atoms with Crippen molar-refractivity contribution in [3.8, 4) is 0 Å². The summed E-state index contributed by atoms with van der Waals surface area (Å²) in [5.74, 6) is 1.55. The van der Waals surface area contributed by atoms with Crippen molar-refractivity contribution in [3.05, 3.63) is 0 Å². The Morgan fingerprint density at radius 2 is 1.95 bits per heavy atom. The predicted molar refractivity (Wildman–Crippen MR) is 74.7 cm³/mol. The zero-order chi connectivity index (χ0) is 14.3. The van der Waals surface area contributed by atoms with Crippen LogP contribution in [0.4, 0.5) is 17.8 Å². The second kappa shape index (κ2) is 7.70. The van der Waals surface area contributed by atoms with Gasteiger partial charge in [-0.25, -0.2) is 0 Å². The largest absolute Gasteiger partial charge is 0.391 e. The SMILES string of the molecule is CNc1nc(NCCC(O)COC)nc(N(C)C)n1. The number of hydrogen-bond acceptors (Lipinski definition) is 8. The molecule has 0 spiro atoms. The van der Waals surface area contributed by atoms with Gasteiger partial charge in [0.15, 0.2) is 0 Å². The van der Waals surface area contributed by atoms with Crippen LogP contribution in [0.3, 0.4) is 0 Å². The molecule has 1 atom stereocenters. The summed E-state index contributed by atoms with van der Waals surface area (Å²) in [4.78, 5) is 14.5. The van der Waals surface area contributed by atoms with Crippen LogP contribution < -0.4 is 15.5 Å². The maximum atomic E-state index is 9.53. The highest BCUT2D eigenvalue weighted by Crippen LogP contribution is 2.10. The number of aliphatic hydroxyl groups is 1. The van der Waals surface area contributed by atoms with E-state index in [1.54, 1.807) is 19.1 Å². The number of methoxy groups -OCH3 is 1. The second-order valence-corrected chi connectivity index (χ2v) is 4.25. The van der Waals surface area contributed by atoms with E-state index in [1.807, 2.05) is 14.1 Å². The quantitative estimate of drug-likeness (QED) is 0.597. The first-order chi connectivity index (χ1) is 9.06. The summed E-state index contributed by atoms with van der Waals surface area (Å²) >= 11 is 0. The van der Waals surface area contributed by atoms with Gasteiger partial charge in [-0.15, -0.1) is 0 Å². The van der Waals surface area contributed by atoms with Gasteiger partial charge in [-0.1, -0.05) is 0 Å². The molecule has 8 heteroatoms. The van der Waals surface area contributed by atoms with Gasteiger partial charge in [0.05, 0.1) is 12.7 Å². The molecule has 19 heavy (non-hydrogen) atoms. The summed E-state index contributed by atoms with van der Waals surface area (Å²) < 4.78 is 4.86. The Morgan fingerprint density at radius 3 is 2.53 bits per heavy atom. The Kier molecular flexibility index (Phi) is 6.23. The fraction of sp³-hybridized carbons (Fsp3) is 0.727. The maximum absolute atomic E-state index is 9.53. The van der Waals surface area contributed by atoms with E-state index in [0.717, 1.165) is 0 Å². The number of anilines is 3. The van der Waals surface area contributed by atoms with Crippen molar-refractivity contribution in [1.82, 2.24) is 15.0 Å². The number of aromatic nitrogens is 3. The van der Waals surface area contributed by atoms with Crippen molar-refractivity contribution in [1.29, 1.82) is 0 Å². The van der Waals surface area contributed by atoms with Crippen LogP contribution in [0.5, 0.6) is 0 Å². The minimum Gasteiger partial charge on any atom is -0.391 e. The third kappa shape index (κ3) is 5.23. The number of nitrogens with zero attached hydrogens (tertiary/aromatic N) is 4. The average molecular weight is 270 g/mol. The molecule has 0 aliphatic heterocycles. The van der Waals surface area contributed by atoms with Gasteiger partial charge in [0.1, 0.15) is 0 Å². The number of aliphatic hydroxyl groups excluding tert-OH is 1. The molecule has 0 aromatic carbocycles. The van der Waals surface area contributed by atoms with Crippen LogP contribution in [0.15, 0.2) is 0 Å². The highest BCUT2D eigenvalue weighted by molar-refractivity contribution is 5.42. The van der Waals surface area contributed by atoms with Crippen molar-refractivity contribution < 1.29 is 9.84 Å². The van der Waals surface area contributed by atoms with Gasteiger partial charge in [0, 0.05) is 34.8 Å². The third-order valence-corrected chi connectivity index (χ3v) is 2.37. The molecule has 1 aromatic heterocycles. The smallest absolute Gasteiger partial charge is 0.231 e. The fourth-order valence-electron chi connectivity index (χ4n) is 1.38. The van der Waals surface area contributed by atoms with Crippen LogP contribution in [0.25, 0.3) is 0 Å². The monoisotopic (exact) mass is 270 g/mol. The molecular formula is C11H22N6O2. The van der Waals surface area contributed by atoms with Gasteiger partial charge in [0.2, 0.25) is 17.8 Å². The molecule has 0 amide bonds. The van der Waals surface area contributed by atoms with Crippen LogP contribution in [0, 0.1) is 0 Å². The lowest BCUT2D eigenvalue weighted by Gasteiger charge is -2.14. The molecule has 1 aromatic rings. The standard InChI is InChI=1S/C11H22N6O2/c1-12-9-14-10(16-11(15-9)17(2)3)13-6-5-8(18)7-19-4/h8,18H,5-7H2,1-4H3,(H2,12,13,14,15,16). The van der Waals surface area contributed by atoms with Crippen molar-refractivity contribution >= 4 is 17.8 Å². The molecular weight excluding hydrogens is 248 g/mol. The number of nitrogens with one attached hydrogen (secondary N) is 2. The minimum atomic E-state index is -0.489. The molecule has 0 saturated carbocycles. The predicted octanol–water partition coefficient (Wildman–Crippen LogP) is -0.211. The average Bonchev–Trinajstić information content (AvgIpc) is 2.38. The van der Waals surface area contributed by atoms with Crippen molar-refractivity contribution in [2.45, 2.75) is 12.5 Å². The van der Waals surface area contributed by atoms with Gasteiger partial charge < -0.3 is 25.4 Å². The lowest BCUT2D eigenvalue weighted by Crippen LogP contribution is -2.20. The Bertz CT molecular complexity index is 387. The Balaban J connectivity index is 2.59. The van der Waals surface area contributed by atoms with E-state index in [4.69, 9.17) is 4.74 Å². The van der Waals surface area contributed by atoms with Crippen molar-refractivity contribution in [3.63, 3.8) is 0 Å². The molecule has 0 aliphatic carbocycles. The first kappa shape index (κ1) is 15.4. The summed E-state index contributed by atoms with van der Waals surface area (Å²) in [7, 11) is 7.04. The molecule has 0 saturated heterocycles. The van der Waals surface area contributed by atoms with Crippen LogP contribution in [-0.2, 0) is 4.74 Å². The van der Waals surface area contributed by atoms with Gasteiger partial charge in [-0.3, -0.25) is 0 Å². The molecule has 1 unspecified atom stereocenters. The van der Waals surface area contributed by atoms with E-state index in [1.165, 1.54) is 0 Å². The first-order valence-corrected chi connectivity index (χ1v) is 6.08. The van der Waals surface area contributed by atoms with Crippen LogP contribution in [0.1, 0.15) is 6.42 Å². The molecule has 0 aliphatic rings. The number of ether oxygens (including phenoxy) is 1. The molecule has 108 valence electrons. The summed E-state index contributed by atoms with van der Waals surface area (Å²) in [6.45, 7) is 0.883. The van der Waals surface area contributed by atoms with E-state index in [-0.39, 0.29) is 0 Å². The second-order valence-electron chi connectivity index (χ2n) is 4.25. The van der Waals surface area contributed by atoms with Crippen LogP contribution in [-0.4, -0.2) is 67.6 Å². The summed E-state index contributed by atoms with van der Waals surface area (Å²) in [6.07, 6.45) is 0.0718. The molecule has 1 rings (SSSR count). The molecule has 0 fully saturated rings. The van der Waals surface area contributed by atoms with Crippen molar-refractivity contribution in [2.24, 2.45) is 0 Å².